The molecule has 0 aromatic carbocycles. The lowest BCUT2D eigenvalue weighted by Crippen LogP contribution is -2.54. The van der Waals surface area contributed by atoms with E-state index >= 15 is 0 Å². The van der Waals surface area contributed by atoms with Crippen molar-refractivity contribution in [1.82, 2.24) is 10.3 Å². The number of methoxy groups -OCH3 is 1. The molecule has 1 heterocycles. The zero-order chi connectivity index (χ0) is 19.5. The first kappa shape index (κ1) is 21.3. The predicted molar refractivity (Wildman–Crippen MR) is 82.1 cm³/mol. The van der Waals surface area contributed by atoms with Gasteiger partial charge in [-0.1, -0.05) is 0 Å². The number of aliphatic hydroxyl groups is 1. The van der Waals surface area contributed by atoms with E-state index in [4.69, 9.17) is 9.84 Å². The van der Waals surface area contributed by atoms with Gasteiger partial charge in [0.25, 0.3) is 0 Å². The van der Waals surface area contributed by atoms with E-state index in [1.165, 1.54) is 26.3 Å². The third-order valence-electron chi connectivity index (χ3n) is 3.30. The van der Waals surface area contributed by atoms with Gasteiger partial charge >= 0.3 is 12.1 Å². The van der Waals surface area contributed by atoms with Gasteiger partial charge in [0.1, 0.15) is 5.01 Å². The summed E-state index contributed by atoms with van der Waals surface area (Å²) in [5.74, 6) is -2.44. The molecule has 0 bridgehead atoms. The number of hydrogen-bond acceptors (Lipinski definition) is 6. The topological polar surface area (TPSA) is 109 Å². The number of nitrogens with zero attached hydrogens (tertiary/aromatic N) is 1. The van der Waals surface area contributed by atoms with Crippen molar-refractivity contribution in [1.29, 1.82) is 0 Å². The van der Waals surface area contributed by atoms with E-state index < -0.39 is 47.0 Å². The number of amides is 1. The highest BCUT2D eigenvalue weighted by molar-refractivity contribution is 7.09. The summed E-state index contributed by atoms with van der Waals surface area (Å²) in [5.41, 5.74) is -4.62. The monoisotopic (exact) mass is 384 g/mol. The molecule has 1 amide bonds. The van der Waals surface area contributed by atoms with Crippen LogP contribution in [0.25, 0.3) is 0 Å². The van der Waals surface area contributed by atoms with Gasteiger partial charge in [-0.15, -0.1) is 11.3 Å². The minimum atomic E-state index is -5.14. The Morgan fingerprint density at radius 2 is 1.96 bits per heavy atom. The van der Waals surface area contributed by atoms with E-state index in [0.29, 0.717) is 11.3 Å². The summed E-state index contributed by atoms with van der Waals surface area (Å²) in [4.78, 5) is 26.6. The number of halogens is 3. The van der Waals surface area contributed by atoms with Crippen LogP contribution in [0.1, 0.15) is 30.5 Å². The second kappa shape index (κ2) is 7.67. The molecule has 3 N–H and O–H groups in total. The number of hydrogen-bond donors (Lipinski definition) is 3. The zero-order valence-electron chi connectivity index (χ0n) is 13.8. The van der Waals surface area contributed by atoms with Gasteiger partial charge in [-0.3, -0.25) is 9.59 Å². The summed E-state index contributed by atoms with van der Waals surface area (Å²) in [6.45, 7) is 2.55. The molecule has 1 aromatic heterocycles. The van der Waals surface area contributed by atoms with Gasteiger partial charge in [0.05, 0.1) is 25.0 Å². The smallest absolute Gasteiger partial charge is 0.424 e. The van der Waals surface area contributed by atoms with Crippen LogP contribution < -0.4 is 5.32 Å². The van der Waals surface area contributed by atoms with Crippen molar-refractivity contribution < 1.29 is 37.7 Å². The molecule has 11 heteroatoms. The van der Waals surface area contributed by atoms with Crippen LogP contribution in [-0.4, -0.2) is 52.5 Å². The van der Waals surface area contributed by atoms with Crippen molar-refractivity contribution in [2.75, 3.05) is 13.7 Å². The molecule has 0 fully saturated rings. The van der Waals surface area contributed by atoms with Crippen LogP contribution >= 0.6 is 11.3 Å². The number of rotatable bonds is 8. The summed E-state index contributed by atoms with van der Waals surface area (Å²) in [6, 6.07) is 0. The molecule has 0 aliphatic heterocycles. The van der Waals surface area contributed by atoms with Gasteiger partial charge in [-0.2, -0.15) is 13.2 Å². The Morgan fingerprint density at radius 3 is 2.36 bits per heavy atom. The Morgan fingerprint density at radius 1 is 1.36 bits per heavy atom. The van der Waals surface area contributed by atoms with Crippen LogP contribution in [0.2, 0.25) is 0 Å². The quantitative estimate of drug-likeness (QED) is 0.628. The lowest BCUT2D eigenvalue weighted by Gasteiger charge is -2.32. The molecular weight excluding hydrogens is 365 g/mol. The first-order valence-electron chi connectivity index (χ1n) is 7.06. The fourth-order valence-electron chi connectivity index (χ4n) is 2.24. The average molecular weight is 384 g/mol. The SMILES string of the molecule is COCC(C)(CC(=O)O)NC(=O)CC(O)(c1nc(C)cs1)C(F)(F)F. The fourth-order valence-corrected chi connectivity index (χ4v) is 3.15. The Bertz CT molecular complexity index is 636. The highest BCUT2D eigenvalue weighted by atomic mass is 32.1. The number of aromatic nitrogens is 1. The second-order valence-corrected chi connectivity index (χ2v) is 6.80. The number of aryl methyl sites for hydroxylation is 1. The summed E-state index contributed by atoms with van der Waals surface area (Å²) in [6.07, 6.45) is -7.05. The normalized spacial score (nSPS) is 16.8. The minimum Gasteiger partial charge on any atom is -0.481 e. The molecule has 2 unspecified atom stereocenters. The number of ether oxygens (including phenoxy) is 1. The summed E-state index contributed by atoms with van der Waals surface area (Å²) in [5, 5.41) is 21.9. The van der Waals surface area contributed by atoms with Crippen LogP contribution in [0.3, 0.4) is 0 Å². The summed E-state index contributed by atoms with van der Waals surface area (Å²) < 4.78 is 44.9. The predicted octanol–water partition coefficient (Wildman–Crippen LogP) is 1.59. The number of nitrogens with one attached hydrogen (secondary N) is 1. The van der Waals surface area contributed by atoms with Crippen molar-refractivity contribution in [3.63, 3.8) is 0 Å². The Kier molecular flexibility index (Phi) is 6.54. The van der Waals surface area contributed by atoms with E-state index in [1.807, 2.05) is 0 Å². The number of thiazole rings is 1. The molecule has 0 saturated heterocycles. The van der Waals surface area contributed by atoms with Crippen LogP contribution in [0.15, 0.2) is 5.38 Å². The maximum Gasteiger partial charge on any atom is 0.424 e. The largest absolute Gasteiger partial charge is 0.481 e. The number of alkyl halides is 3. The van der Waals surface area contributed by atoms with E-state index in [2.05, 4.69) is 10.3 Å². The lowest BCUT2D eigenvalue weighted by molar-refractivity contribution is -0.267. The van der Waals surface area contributed by atoms with E-state index in [9.17, 15) is 27.9 Å². The molecule has 1 aromatic rings. The summed E-state index contributed by atoms with van der Waals surface area (Å²) in [7, 11) is 1.26. The minimum absolute atomic E-state index is 0.230. The Labute approximate surface area is 145 Å². The third-order valence-corrected chi connectivity index (χ3v) is 4.41. The maximum atomic E-state index is 13.4. The van der Waals surface area contributed by atoms with Crippen molar-refractivity contribution in [3.05, 3.63) is 16.1 Å². The van der Waals surface area contributed by atoms with Crippen LogP contribution in [0, 0.1) is 6.92 Å². The molecule has 0 radical (unpaired) electrons. The van der Waals surface area contributed by atoms with Gasteiger partial charge in [0.2, 0.25) is 11.5 Å². The third kappa shape index (κ3) is 5.38. The van der Waals surface area contributed by atoms with Crippen LogP contribution in [0.4, 0.5) is 13.2 Å². The zero-order valence-corrected chi connectivity index (χ0v) is 14.6. The van der Waals surface area contributed by atoms with Crippen molar-refractivity contribution in [2.24, 2.45) is 0 Å². The number of carbonyl (C=O) groups excluding carboxylic acids is 1. The second-order valence-electron chi connectivity index (χ2n) is 5.94. The molecular formula is C14H19F3N2O5S. The lowest BCUT2D eigenvalue weighted by atomic mass is 9.95. The maximum absolute atomic E-state index is 13.4. The molecule has 2 atom stereocenters. The molecule has 1 rings (SSSR count). The Hall–Kier alpha value is -1.72. The molecule has 0 saturated carbocycles. The highest BCUT2D eigenvalue weighted by Crippen LogP contribution is 2.42. The summed E-state index contributed by atoms with van der Waals surface area (Å²) >= 11 is 0.584. The molecule has 142 valence electrons. The van der Waals surface area contributed by atoms with Gasteiger partial charge in [0, 0.05) is 18.2 Å². The van der Waals surface area contributed by atoms with Crippen molar-refractivity contribution in [2.45, 2.75) is 44.0 Å². The molecule has 0 spiro atoms. The first-order chi connectivity index (χ1) is 11.3. The van der Waals surface area contributed by atoms with E-state index in [0.717, 1.165) is 0 Å². The van der Waals surface area contributed by atoms with Crippen molar-refractivity contribution in [3.8, 4) is 0 Å². The highest BCUT2D eigenvalue weighted by Gasteiger charge is 2.58. The number of carbonyl (C=O) groups is 2. The van der Waals surface area contributed by atoms with Crippen LogP contribution in [-0.2, 0) is 19.9 Å². The van der Waals surface area contributed by atoms with E-state index in [-0.39, 0.29) is 12.3 Å². The number of carboxylic acid groups (broad SMARTS) is 1. The molecule has 7 nitrogen and oxygen atoms in total. The Balaban J connectivity index is 3.05. The standard InChI is InChI=1S/C14H19F3N2O5S/c1-8-6-25-11(18-8)13(23,14(15,16)17)4-9(20)19-12(2,7-24-3)5-10(21)22/h6,23H,4-5,7H2,1-3H3,(H,19,20)(H,21,22). The van der Waals surface area contributed by atoms with Gasteiger partial charge < -0.3 is 20.3 Å². The van der Waals surface area contributed by atoms with Crippen molar-refractivity contribution >= 4 is 23.2 Å². The average Bonchev–Trinajstić information content (AvgIpc) is 2.82. The first-order valence-corrected chi connectivity index (χ1v) is 7.94. The van der Waals surface area contributed by atoms with Gasteiger partial charge in [0.15, 0.2) is 0 Å². The number of aliphatic carboxylic acids is 1. The fraction of sp³-hybridized carbons (Fsp3) is 0.643. The van der Waals surface area contributed by atoms with Gasteiger partial charge in [-0.05, 0) is 13.8 Å². The number of carboxylic acids is 1. The van der Waals surface area contributed by atoms with E-state index in [1.54, 1.807) is 0 Å². The van der Waals surface area contributed by atoms with Gasteiger partial charge in [-0.25, -0.2) is 4.98 Å². The molecule has 0 aliphatic carbocycles. The molecule has 25 heavy (non-hydrogen) atoms. The van der Waals surface area contributed by atoms with Crippen LogP contribution in [0.5, 0.6) is 0 Å². The molecule has 0 aliphatic rings.